The Balaban J connectivity index is 2.45. The highest BCUT2D eigenvalue weighted by Gasteiger charge is 2.03. The number of nitrogens with zero attached hydrogens (tertiary/aromatic N) is 1. The minimum atomic E-state index is -0.675. The number of hydrogen-bond acceptors (Lipinski definition) is 4. The first-order chi connectivity index (χ1) is 6.22. The zero-order chi connectivity index (χ0) is 9.68. The maximum Gasteiger partial charge on any atom is 0.107 e. The number of thioether (sulfide) groups is 1. The van der Waals surface area contributed by atoms with E-state index in [2.05, 4.69) is 20.9 Å². The van der Waals surface area contributed by atoms with Gasteiger partial charge < -0.3 is 10.2 Å². The van der Waals surface area contributed by atoms with Crippen LogP contribution >= 0.6 is 27.7 Å². The molecule has 13 heavy (non-hydrogen) atoms. The van der Waals surface area contributed by atoms with Gasteiger partial charge in [0.1, 0.15) is 4.60 Å². The number of hydrogen-bond donors (Lipinski definition) is 2. The van der Waals surface area contributed by atoms with Crippen molar-refractivity contribution in [2.24, 2.45) is 0 Å². The molecule has 0 bridgehead atoms. The van der Waals surface area contributed by atoms with Gasteiger partial charge in [-0.2, -0.15) is 0 Å². The zero-order valence-electron chi connectivity index (χ0n) is 6.85. The highest BCUT2D eigenvalue weighted by Crippen LogP contribution is 2.18. The summed E-state index contributed by atoms with van der Waals surface area (Å²) in [7, 11) is 0. The Hall–Kier alpha value is -0.100. The largest absolute Gasteiger partial charge is 0.394 e. The molecule has 1 aromatic heterocycles. The fourth-order valence-electron chi connectivity index (χ4n) is 0.704. The molecule has 0 spiro atoms. The second kappa shape index (κ2) is 5.59. The van der Waals surface area contributed by atoms with E-state index < -0.39 is 6.10 Å². The molecule has 72 valence electrons. The lowest BCUT2D eigenvalue weighted by atomic mass is 10.4. The fraction of sp³-hybridized carbons (Fsp3) is 0.375. The van der Waals surface area contributed by atoms with Crippen molar-refractivity contribution in [3.05, 3.63) is 22.8 Å². The van der Waals surface area contributed by atoms with E-state index in [9.17, 15) is 0 Å². The van der Waals surface area contributed by atoms with Crippen LogP contribution in [0.1, 0.15) is 0 Å². The summed E-state index contributed by atoms with van der Waals surface area (Å²) in [5, 5.41) is 18.5. The molecule has 0 fully saturated rings. The molecular formula is C8H10BrNO2S. The van der Waals surface area contributed by atoms with E-state index in [1.807, 2.05) is 18.2 Å². The van der Waals surface area contributed by atoms with Gasteiger partial charge in [0.25, 0.3) is 0 Å². The average molecular weight is 264 g/mol. The van der Waals surface area contributed by atoms with Crippen molar-refractivity contribution < 1.29 is 10.2 Å². The predicted octanol–water partition coefficient (Wildman–Crippen LogP) is 1.29. The Morgan fingerprint density at radius 2 is 2.31 bits per heavy atom. The van der Waals surface area contributed by atoms with E-state index in [-0.39, 0.29) is 6.61 Å². The number of rotatable bonds is 4. The number of pyridine rings is 1. The summed E-state index contributed by atoms with van der Waals surface area (Å²) in [5.74, 6) is 0.458. The highest BCUT2D eigenvalue weighted by atomic mass is 79.9. The molecule has 0 saturated carbocycles. The summed E-state index contributed by atoms with van der Waals surface area (Å²) in [6, 6.07) is 5.58. The maximum absolute atomic E-state index is 9.08. The van der Waals surface area contributed by atoms with Crippen LogP contribution in [-0.4, -0.2) is 33.7 Å². The molecule has 1 rings (SSSR count). The number of aliphatic hydroxyl groups excluding tert-OH is 2. The first kappa shape index (κ1) is 11.0. The molecule has 5 heteroatoms. The van der Waals surface area contributed by atoms with Gasteiger partial charge >= 0.3 is 0 Å². The number of aliphatic hydroxyl groups is 2. The number of halogens is 1. The molecule has 1 atom stereocenters. The average Bonchev–Trinajstić information content (AvgIpc) is 2.14. The van der Waals surface area contributed by atoms with Crippen molar-refractivity contribution in [2.75, 3.05) is 12.4 Å². The Bertz CT molecular complexity index is 272. The molecule has 0 amide bonds. The quantitative estimate of drug-likeness (QED) is 0.635. The lowest BCUT2D eigenvalue weighted by Gasteiger charge is -2.05. The fourth-order valence-corrected chi connectivity index (χ4v) is 1.97. The summed E-state index contributed by atoms with van der Waals surface area (Å²) in [4.78, 5) is 4.17. The van der Waals surface area contributed by atoms with Gasteiger partial charge in [-0.1, -0.05) is 6.07 Å². The lowest BCUT2D eigenvalue weighted by Crippen LogP contribution is -2.14. The van der Waals surface area contributed by atoms with Gasteiger partial charge in [0.15, 0.2) is 0 Å². The van der Waals surface area contributed by atoms with Gasteiger partial charge in [-0.3, -0.25) is 0 Å². The van der Waals surface area contributed by atoms with Crippen LogP contribution in [-0.2, 0) is 0 Å². The van der Waals surface area contributed by atoms with Crippen LogP contribution in [0, 0.1) is 0 Å². The van der Waals surface area contributed by atoms with Gasteiger partial charge in [-0.05, 0) is 28.1 Å². The molecule has 0 saturated heterocycles. The van der Waals surface area contributed by atoms with Crippen LogP contribution in [0.5, 0.6) is 0 Å². The van der Waals surface area contributed by atoms with Crippen LogP contribution in [0.15, 0.2) is 27.8 Å². The van der Waals surface area contributed by atoms with Crippen molar-refractivity contribution >= 4 is 27.7 Å². The van der Waals surface area contributed by atoms with Crippen LogP contribution in [0.4, 0.5) is 0 Å². The third-order valence-corrected chi connectivity index (χ3v) is 2.84. The molecule has 0 aliphatic carbocycles. The van der Waals surface area contributed by atoms with Crippen molar-refractivity contribution in [1.29, 1.82) is 0 Å². The van der Waals surface area contributed by atoms with Gasteiger partial charge in [-0.25, -0.2) is 4.98 Å². The van der Waals surface area contributed by atoms with E-state index in [0.29, 0.717) is 5.75 Å². The molecule has 0 aliphatic heterocycles. The van der Waals surface area contributed by atoms with Gasteiger partial charge in [0.2, 0.25) is 0 Å². The molecule has 2 N–H and O–H groups in total. The van der Waals surface area contributed by atoms with E-state index in [0.717, 1.165) is 9.63 Å². The normalized spacial score (nSPS) is 12.8. The van der Waals surface area contributed by atoms with Gasteiger partial charge in [0, 0.05) is 5.75 Å². The summed E-state index contributed by atoms with van der Waals surface area (Å²) in [6.07, 6.45) is -0.675. The van der Waals surface area contributed by atoms with Crippen LogP contribution in [0.3, 0.4) is 0 Å². The van der Waals surface area contributed by atoms with Gasteiger partial charge in [-0.15, -0.1) is 11.8 Å². The third kappa shape index (κ3) is 4.08. The molecule has 1 heterocycles. The minimum absolute atomic E-state index is 0.207. The van der Waals surface area contributed by atoms with E-state index in [1.165, 1.54) is 11.8 Å². The highest BCUT2D eigenvalue weighted by molar-refractivity contribution is 9.10. The van der Waals surface area contributed by atoms with Gasteiger partial charge in [0.05, 0.1) is 17.7 Å². The molecule has 1 unspecified atom stereocenters. The Morgan fingerprint density at radius 1 is 1.54 bits per heavy atom. The molecular weight excluding hydrogens is 254 g/mol. The molecule has 0 radical (unpaired) electrons. The van der Waals surface area contributed by atoms with Crippen molar-refractivity contribution in [3.8, 4) is 0 Å². The molecule has 3 nitrogen and oxygen atoms in total. The standard InChI is InChI=1S/C8H10BrNO2S/c9-7-2-1-3-8(10-7)13-5-6(12)4-11/h1-3,6,11-12H,4-5H2. The monoisotopic (exact) mass is 263 g/mol. The van der Waals surface area contributed by atoms with Crippen molar-refractivity contribution in [1.82, 2.24) is 4.98 Å². The third-order valence-electron chi connectivity index (χ3n) is 1.32. The van der Waals surface area contributed by atoms with Crippen LogP contribution < -0.4 is 0 Å². The zero-order valence-corrected chi connectivity index (χ0v) is 9.25. The Labute approximate surface area is 89.3 Å². The van der Waals surface area contributed by atoms with Crippen molar-refractivity contribution in [2.45, 2.75) is 11.1 Å². The smallest absolute Gasteiger partial charge is 0.107 e. The molecule has 1 aromatic rings. The van der Waals surface area contributed by atoms with Crippen LogP contribution in [0.25, 0.3) is 0 Å². The first-order valence-corrected chi connectivity index (χ1v) is 5.54. The Kier molecular flexibility index (Phi) is 4.72. The molecule has 0 aliphatic rings. The number of aromatic nitrogens is 1. The van der Waals surface area contributed by atoms with E-state index in [1.54, 1.807) is 0 Å². The first-order valence-electron chi connectivity index (χ1n) is 3.76. The molecule has 0 aromatic carbocycles. The second-order valence-corrected chi connectivity index (χ2v) is 4.30. The summed E-state index contributed by atoms with van der Waals surface area (Å²) >= 11 is 4.67. The topological polar surface area (TPSA) is 53.4 Å². The second-order valence-electron chi connectivity index (χ2n) is 2.45. The SMILES string of the molecule is OCC(O)CSc1cccc(Br)n1. The summed E-state index contributed by atoms with van der Waals surface area (Å²) in [5.41, 5.74) is 0. The van der Waals surface area contributed by atoms with E-state index >= 15 is 0 Å². The predicted molar refractivity (Wildman–Crippen MR) is 55.8 cm³/mol. The minimum Gasteiger partial charge on any atom is -0.394 e. The maximum atomic E-state index is 9.08. The lowest BCUT2D eigenvalue weighted by molar-refractivity contribution is 0.113. The van der Waals surface area contributed by atoms with E-state index in [4.69, 9.17) is 10.2 Å². The van der Waals surface area contributed by atoms with Crippen LogP contribution in [0.2, 0.25) is 0 Å². The van der Waals surface area contributed by atoms with Crippen molar-refractivity contribution in [3.63, 3.8) is 0 Å². The Morgan fingerprint density at radius 3 is 2.92 bits per heavy atom. The summed E-state index contributed by atoms with van der Waals surface area (Å²) in [6.45, 7) is -0.207. The summed E-state index contributed by atoms with van der Waals surface area (Å²) < 4.78 is 0.774.